The van der Waals surface area contributed by atoms with Crippen molar-refractivity contribution in [2.24, 2.45) is 5.73 Å². The van der Waals surface area contributed by atoms with Crippen LogP contribution in [0.2, 0.25) is 0 Å². The lowest BCUT2D eigenvalue weighted by Crippen LogP contribution is -2.00. The molecule has 2 N–H and O–H groups in total. The first-order chi connectivity index (χ1) is 9.76. The van der Waals surface area contributed by atoms with Crippen molar-refractivity contribution in [3.05, 3.63) is 66.1 Å². The molecule has 0 amide bonds. The van der Waals surface area contributed by atoms with Gasteiger partial charge in [0.25, 0.3) is 0 Å². The van der Waals surface area contributed by atoms with Crippen LogP contribution in [0.5, 0.6) is 11.5 Å². The first-order valence-electron chi connectivity index (χ1n) is 6.27. The fourth-order valence-corrected chi connectivity index (χ4v) is 2.04. The van der Waals surface area contributed by atoms with Crippen LogP contribution in [0.15, 0.2) is 54.7 Å². The Morgan fingerprint density at radius 3 is 2.85 bits per heavy atom. The van der Waals surface area contributed by atoms with Gasteiger partial charge in [-0.1, -0.05) is 6.07 Å². The van der Waals surface area contributed by atoms with Crippen molar-refractivity contribution in [1.82, 2.24) is 4.98 Å². The van der Waals surface area contributed by atoms with Gasteiger partial charge in [0.1, 0.15) is 17.3 Å². The summed E-state index contributed by atoms with van der Waals surface area (Å²) in [7, 11) is 0. The summed E-state index contributed by atoms with van der Waals surface area (Å²) in [4.78, 5) is 4.28. The lowest BCUT2D eigenvalue weighted by Gasteiger charge is -2.10. The number of nitrogens with two attached hydrogens (primary N) is 1. The highest BCUT2D eigenvalue weighted by Gasteiger charge is 2.06. The Balaban J connectivity index is 1.96. The number of pyridine rings is 1. The Morgan fingerprint density at radius 1 is 1.10 bits per heavy atom. The van der Waals surface area contributed by atoms with E-state index < -0.39 is 0 Å². The van der Waals surface area contributed by atoms with Gasteiger partial charge in [-0.3, -0.25) is 4.98 Å². The van der Waals surface area contributed by atoms with Crippen LogP contribution in [0.1, 0.15) is 5.56 Å². The highest BCUT2D eigenvalue weighted by atomic mass is 19.1. The summed E-state index contributed by atoms with van der Waals surface area (Å²) in [6.45, 7) is 0.221. The molecule has 0 unspecified atom stereocenters. The Morgan fingerprint density at radius 2 is 2.00 bits per heavy atom. The molecule has 0 radical (unpaired) electrons. The van der Waals surface area contributed by atoms with E-state index in [1.54, 1.807) is 12.3 Å². The predicted molar refractivity (Wildman–Crippen MR) is 76.1 cm³/mol. The molecular weight excluding hydrogens is 255 g/mol. The molecule has 2 aromatic carbocycles. The molecule has 100 valence electrons. The normalized spacial score (nSPS) is 10.7. The number of benzene rings is 2. The van der Waals surface area contributed by atoms with Crippen molar-refractivity contribution >= 4 is 10.9 Å². The Hall–Kier alpha value is -2.46. The molecule has 1 aromatic heterocycles. The van der Waals surface area contributed by atoms with Crippen LogP contribution in [0.3, 0.4) is 0 Å². The third-order valence-corrected chi connectivity index (χ3v) is 3.05. The van der Waals surface area contributed by atoms with Gasteiger partial charge in [-0.05, 0) is 36.4 Å². The summed E-state index contributed by atoms with van der Waals surface area (Å²) in [5, 5.41) is 1.04. The van der Waals surface area contributed by atoms with Gasteiger partial charge in [0, 0.05) is 29.8 Å². The summed E-state index contributed by atoms with van der Waals surface area (Å²) < 4.78 is 18.9. The van der Waals surface area contributed by atoms with E-state index in [1.807, 2.05) is 30.3 Å². The number of rotatable bonds is 3. The second-order valence-corrected chi connectivity index (χ2v) is 4.42. The molecule has 0 aliphatic rings. The van der Waals surface area contributed by atoms with E-state index in [2.05, 4.69) is 4.98 Å². The van der Waals surface area contributed by atoms with Gasteiger partial charge >= 0.3 is 0 Å². The van der Waals surface area contributed by atoms with Crippen LogP contribution >= 0.6 is 0 Å². The second kappa shape index (κ2) is 5.27. The molecule has 0 saturated heterocycles. The van der Waals surface area contributed by atoms with E-state index >= 15 is 0 Å². The van der Waals surface area contributed by atoms with Crippen molar-refractivity contribution in [2.45, 2.75) is 6.54 Å². The molecular formula is C16H13FN2O. The zero-order chi connectivity index (χ0) is 13.9. The van der Waals surface area contributed by atoms with Crippen molar-refractivity contribution in [1.29, 1.82) is 0 Å². The van der Waals surface area contributed by atoms with Crippen LogP contribution in [0.25, 0.3) is 10.9 Å². The minimum atomic E-state index is -0.321. The largest absolute Gasteiger partial charge is 0.457 e. The smallest absolute Gasteiger partial charge is 0.132 e. The zero-order valence-electron chi connectivity index (χ0n) is 10.7. The molecule has 1 heterocycles. The second-order valence-electron chi connectivity index (χ2n) is 4.42. The van der Waals surface area contributed by atoms with Gasteiger partial charge in [0.05, 0.1) is 5.52 Å². The lowest BCUT2D eigenvalue weighted by molar-refractivity contribution is 0.474. The SMILES string of the molecule is NCc1cc(F)ccc1Oc1ccc2cccnc2c1. The highest BCUT2D eigenvalue weighted by Crippen LogP contribution is 2.27. The minimum Gasteiger partial charge on any atom is -0.457 e. The molecule has 3 rings (SSSR count). The van der Waals surface area contributed by atoms with Gasteiger partial charge < -0.3 is 10.5 Å². The van der Waals surface area contributed by atoms with Crippen LogP contribution in [0, 0.1) is 5.82 Å². The van der Waals surface area contributed by atoms with E-state index in [1.165, 1.54) is 12.1 Å². The molecule has 0 spiro atoms. The Bertz CT molecular complexity index is 758. The monoisotopic (exact) mass is 268 g/mol. The average Bonchev–Trinajstić information content (AvgIpc) is 2.49. The molecule has 0 aliphatic heterocycles. The summed E-state index contributed by atoms with van der Waals surface area (Å²) >= 11 is 0. The zero-order valence-corrected chi connectivity index (χ0v) is 10.7. The third kappa shape index (κ3) is 2.46. The molecule has 20 heavy (non-hydrogen) atoms. The lowest BCUT2D eigenvalue weighted by atomic mass is 10.2. The van der Waals surface area contributed by atoms with Crippen molar-refractivity contribution < 1.29 is 9.13 Å². The van der Waals surface area contributed by atoms with Crippen LogP contribution in [0.4, 0.5) is 4.39 Å². The van der Waals surface area contributed by atoms with E-state index in [0.717, 1.165) is 10.9 Å². The Labute approximate surface area is 115 Å². The van der Waals surface area contributed by atoms with E-state index in [9.17, 15) is 4.39 Å². The van der Waals surface area contributed by atoms with E-state index in [0.29, 0.717) is 17.1 Å². The maximum Gasteiger partial charge on any atom is 0.132 e. The van der Waals surface area contributed by atoms with Gasteiger partial charge in [-0.25, -0.2) is 4.39 Å². The predicted octanol–water partition coefficient (Wildman–Crippen LogP) is 3.62. The number of halogens is 1. The van der Waals surface area contributed by atoms with E-state index in [-0.39, 0.29) is 12.4 Å². The molecule has 3 aromatic rings. The maximum absolute atomic E-state index is 13.2. The quantitative estimate of drug-likeness (QED) is 0.789. The summed E-state index contributed by atoms with van der Waals surface area (Å²) in [5.41, 5.74) is 7.08. The molecule has 0 fully saturated rings. The number of nitrogens with zero attached hydrogens (tertiary/aromatic N) is 1. The van der Waals surface area contributed by atoms with Gasteiger partial charge in [0.2, 0.25) is 0 Å². The number of hydrogen-bond acceptors (Lipinski definition) is 3. The summed E-state index contributed by atoms with van der Waals surface area (Å²) in [6, 6.07) is 13.8. The first-order valence-corrected chi connectivity index (χ1v) is 6.27. The van der Waals surface area contributed by atoms with Gasteiger partial charge in [-0.2, -0.15) is 0 Å². The minimum absolute atomic E-state index is 0.221. The standard InChI is InChI=1S/C16H13FN2O/c17-13-4-6-16(12(8-13)10-18)20-14-5-3-11-2-1-7-19-15(11)9-14/h1-9H,10,18H2. The summed E-state index contributed by atoms with van der Waals surface area (Å²) in [5.74, 6) is 0.889. The number of fused-ring (bicyclic) bond motifs is 1. The molecule has 4 heteroatoms. The van der Waals surface area contributed by atoms with Crippen molar-refractivity contribution in [3.63, 3.8) is 0 Å². The number of ether oxygens (including phenoxy) is 1. The number of hydrogen-bond donors (Lipinski definition) is 1. The molecule has 0 bridgehead atoms. The molecule has 0 atom stereocenters. The van der Waals surface area contributed by atoms with Crippen molar-refractivity contribution in [3.8, 4) is 11.5 Å². The Kier molecular flexibility index (Phi) is 3.31. The maximum atomic E-state index is 13.2. The van der Waals surface area contributed by atoms with Crippen molar-refractivity contribution in [2.75, 3.05) is 0 Å². The van der Waals surface area contributed by atoms with Crippen LogP contribution in [-0.4, -0.2) is 4.98 Å². The fraction of sp³-hybridized carbons (Fsp3) is 0.0625. The van der Waals surface area contributed by atoms with Gasteiger partial charge in [-0.15, -0.1) is 0 Å². The van der Waals surface area contributed by atoms with E-state index in [4.69, 9.17) is 10.5 Å². The third-order valence-electron chi connectivity index (χ3n) is 3.05. The first kappa shape index (κ1) is 12.6. The van der Waals surface area contributed by atoms with Crippen LogP contribution in [-0.2, 0) is 6.54 Å². The number of aromatic nitrogens is 1. The summed E-state index contributed by atoms with van der Waals surface area (Å²) in [6.07, 6.45) is 1.73. The topological polar surface area (TPSA) is 48.1 Å². The fourth-order valence-electron chi connectivity index (χ4n) is 2.04. The molecule has 0 saturated carbocycles. The molecule has 3 nitrogen and oxygen atoms in total. The van der Waals surface area contributed by atoms with Crippen LogP contribution < -0.4 is 10.5 Å². The molecule has 0 aliphatic carbocycles. The average molecular weight is 268 g/mol. The van der Waals surface area contributed by atoms with Gasteiger partial charge in [0.15, 0.2) is 0 Å². The highest BCUT2D eigenvalue weighted by molar-refractivity contribution is 5.79.